The molecule has 0 saturated carbocycles. The van der Waals surface area contributed by atoms with Gasteiger partial charge >= 0.3 is 0 Å². The maximum Gasteiger partial charge on any atom is 0.274 e. The van der Waals surface area contributed by atoms with Crippen LogP contribution in [0.4, 0.5) is 11.5 Å². The molecule has 29 heavy (non-hydrogen) atoms. The first kappa shape index (κ1) is 21.0. The van der Waals surface area contributed by atoms with E-state index in [2.05, 4.69) is 71.2 Å². The Labute approximate surface area is 173 Å². The summed E-state index contributed by atoms with van der Waals surface area (Å²) in [4.78, 5) is 27.8. The molecule has 0 spiro atoms. The van der Waals surface area contributed by atoms with Crippen LogP contribution >= 0.6 is 0 Å². The summed E-state index contributed by atoms with van der Waals surface area (Å²) in [6.45, 7) is 9.19. The van der Waals surface area contributed by atoms with Crippen molar-refractivity contribution in [3.05, 3.63) is 47.4 Å². The zero-order valence-corrected chi connectivity index (χ0v) is 18.0. The van der Waals surface area contributed by atoms with E-state index in [4.69, 9.17) is 0 Å². The van der Waals surface area contributed by atoms with Gasteiger partial charge in [0.1, 0.15) is 11.5 Å². The molecule has 1 aromatic heterocycles. The highest BCUT2D eigenvalue weighted by Crippen LogP contribution is 2.24. The molecule has 0 radical (unpaired) electrons. The minimum atomic E-state index is -0.0442. The van der Waals surface area contributed by atoms with E-state index in [9.17, 15) is 4.79 Å². The predicted molar refractivity (Wildman–Crippen MR) is 118 cm³/mol. The molecule has 1 aromatic carbocycles. The zero-order valence-electron chi connectivity index (χ0n) is 18.0. The van der Waals surface area contributed by atoms with E-state index >= 15 is 0 Å². The Morgan fingerprint density at radius 3 is 2.52 bits per heavy atom. The Hall–Kier alpha value is -2.67. The van der Waals surface area contributed by atoms with E-state index in [1.54, 1.807) is 12.4 Å². The predicted octanol–water partition coefficient (Wildman–Crippen LogP) is 2.42. The number of piperazine rings is 1. The molecule has 1 amide bonds. The maximum atomic E-state index is 12.8. The summed E-state index contributed by atoms with van der Waals surface area (Å²) >= 11 is 0. The molecule has 0 aliphatic carbocycles. The highest BCUT2D eigenvalue weighted by atomic mass is 16.2. The van der Waals surface area contributed by atoms with Gasteiger partial charge in [-0.2, -0.15) is 0 Å². The molecule has 0 bridgehead atoms. The van der Waals surface area contributed by atoms with E-state index in [0.717, 1.165) is 32.6 Å². The van der Waals surface area contributed by atoms with Gasteiger partial charge in [0.25, 0.3) is 5.91 Å². The van der Waals surface area contributed by atoms with Gasteiger partial charge in [-0.25, -0.2) is 9.97 Å². The third-order valence-electron chi connectivity index (χ3n) is 5.44. The molecule has 1 N–H and O–H groups in total. The lowest BCUT2D eigenvalue weighted by molar-refractivity contribution is 0.0740. The van der Waals surface area contributed by atoms with Gasteiger partial charge in [0.05, 0.1) is 12.4 Å². The Kier molecular flexibility index (Phi) is 7.04. The summed E-state index contributed by atoms with van der Waals surface area (Å²) in [6.07, 6.45) is 4.25. The van der Waals surface area contributed by atoms with Crippen LogP contribution in [0.5, 0.6) is 0 Å². The van der Waals surface area contributed by atoms with Crippen LogP contribution < -0.4 is 10.2 Å². The van der Waals surface area contributed by atoms with Crippen molar-refractivity contribution in [2.24, 2.45) is 0 Å². The maximum absolute atomic E-state index is 12.8. The summed E-state index contributed by atoms with van der Waals surface area (Å²) in [7, 11) is 4.12. The summed E-state index contributed by atoms with van der Waals surface area (Å²) in [5, 5.41) is 3.25. The number of carbonyl (C=O) groups is 1. The Bertz CT molecular complexity index is 813. The highest BCUT2D eigenvalue weighted by molar-refractivity contribution is 5.92. The van der Waals surface area contributed by atoms with Crippen molar-refractivity contribution in [2.75, 3.05) is 63.6 Å². The lowest BCUT2D eigenvalue weighted by atomic mass is 10.1. The number of aromatic nitrogens is 2. The minimum Gasteiger partial charge on any atom is -0.369 e. The van der Waals surface area contributed by atoms with Crippen LogP contribution in [-0.2, 0) is 0 Å². The van der Waals surface area contributed by atoms with E-state index in [-0.39, 0.29) is 5.91 Å². The van der Waals surface area contributed by atoms with Crippen LogP contribution in [0.2, 0.25) is 0 Å². The third-order valence-corrected chi connectivity index (χ3v) is 5.44. The second kappa shape index (κ2) is 9.69. The second-order valence-electron chi connectivity index (χ2n) is 7.87. The van der Waals surface area contributed by atoms with Crippen molar-refractivity contribution in [2.45, 2.75) is 20.3 Å². The van der Waals surface area contributed by atoms with Gasteiger partial charge in [0, 0.05) is 38.4 Å². The van der Waals surface area contributed by atoms with Crippen molar-refractivity contribution >= 4 is 17.4 Å². The second-order valence-corrected chi connectivity index (χ2v) is 7.87. The van der Waals surface area contributed by atoms with Gasteiger partial charge < -0.3 is 20.0 Å². The Morgan fingerprint density at radius 2 is 1.86 bits per heavy atom. The number of hydrogen-bond acceptors (Lipinski definition) is 6. The van der Waals surface area contributed by atoms with Gasteiger partial charge in [-0.05, 0) is 58.1 Å². The quantitative estimate of drug-likeness (QED) is 0.725. The minimum absolute atomic E-state index is 0.0442. The number of nitrogens with one attached hydrogen (secondary N) is 1. The molecule has 2 aromatic rings. The summed E-state index contributed by atoms with van der Waals surface area (Å²) in [5.74, 6) is 0.664. The van der Waals surface area contributed by atoms with E-state index in [1.165, 1.54) is 16.8 Å². The molecule has 3 rings (SSSR count). The van der Waals surface area contributed by atoms with Crippen LogP contribution in [-0.4, -0.2) is 79.0 Å². The van der Waals surface area contributed by atoms with Gasteiger partial charge in [-0.3, -0.25) is 4.79 Å². The first-order chi connectivity index (χ1) is 14.0. The van der Waals surface area contributed by atoms with Gasteiger partial charge in [-0.15, -0.1) is 0 Å². The van der Waals surface area contributed by atoms with Crippen molar-refractivity contribution in [3.63, 3.8) is 0 Å². The molecule has 1 aliphatic heterocycles. The van der Waals surface area contributed by atoms with Crippen LogP contribution in [0.15, 0.2) is 30.6 Å². The fourth-order valence-electron chi connectivity index (χ4n) is 3.53. The monoisotopic (exact) mass is 396 g/mol. The normalized spacial score (nSPS) is 14.4. The molecule has 1 aliphatic rings. The van der Waals surface area contributed by atoms with Crippen LogP contribution in [0.25, 0.3) is 0 Å². The average Bonchev–Trinajstić information content (AvgIpc) is 2.73. The van der Waals surface area contributed by atoms with Crippen molar-refractivity contribution in [1.29, 1.82) is 0 Å². The number of amides is 1. The average molecular weight is 397 g/mol. The number of anilines is 2. The van der Waals surface area contributed by atoms with Gasteiger partial charge in [0.2, 0.25) is 0 Å². The number of benzene rings is 1. The standard InChI is InChI=1S/C22H32N6O/c1-17-7-5-8-20(18(17)2)27-11-13-28(14-12-27)22(29)19-15-25-21(16-24-19)23-9-6-10-26(3)4/h5,7-8,15-16H,6,9-14H2,1-4H3,(H,23,25). The van der Waals surface area contributed by atoms with E-state index in [0.29, 0.717) is 24.6 Å². The SMILES string of the molecule is Cc1cccc(N2CCN(C(=O)c3cnc(NCCCN(C)C)cn3)CC2)c1C. The lowest BCUT2D eigenvalue weighted by Crippen LogP contribution is -2.49. The number of carbonyl (C=O) groups excluding carboxylic acids is 1. The molecule has 1 fully saturated rings. The number of aryl methyl sites for hydroxylation is 1. The molecule has 1 saturated heterocycles. The van der Waals surface area contributed by atoms with Crippen LogP contribution in [0, 0.1) is 13.8 Å². The molecule has 7 heteroatoms. The van der Waals surface area contributed by atoms with Crippen molar-refractivity contribution in [1.82, 2.24) is 19.8 Å². The first-order valence-electron chi connectivity index (χ1n) is 10.3. The fourth-order valence-corrected chi connectivity index (χ4v) is 3.53. The largest absolute Gasteiger partial charge is 0.369 e. The van der Waals surface area contributed by atoms with Crippen molar-refractivity contribution < 1.29 is 4.79 Å². The Morgan fingerprint density at radius 1 is 1.10 bits per heavy atom. The topological polar surface area (TPSA) is 64.6 Å². The number of rotatable bonds is 7. The molecular formula is C22H32N6O. The lowest BCUT2D eigenvalue weighted by Gasteiger charge is -2.36. The summed E-state index contributed by atoms with van der Waals surface area (Å²) < 4.78 is 0. The van der Waals surface area contributed by atoms with Crippen molar-refractivity contribution in [3.8, 4) is 0 Å². The number of nitrogens with zero attached hydrogens (tertiary/aromatic N) is 5. The van der Waals surface area contributed by atoms with Gasteiger partial charge in [-0.1, -0.05) is 12.1 Å². The molecular weight excluding hydrogens is 364 g/mol. The van der Waals surface area contributed by atoms with Crippen LogP contribution in [0.3, 0.4) is 0 Å². The molecule has 156 valence electrons. The first-order valence-corrected chi connectivity index (χ1v) is 10.3. The van der Waals surface area contributed by atoms with Crippen LogP contribution in [0.1, 0.15) is 28.0 Å². The van der Waals surface area contributed by atoms with E-state index in [1.807, 2.05) is 4.90 Å². The smallest absolute Gasteiger partial charge is 0.274 e. The molecule has 2 heterocycles. The molecule has 0 atom stereocenters. The zero-order chi connectivity index (χ0) is 20.8. The number of hydrogen-bond donors (Lipinski definition) is 1. The molecule has 0 unspecified atom stereocenters. The fraction of sp³-hybridized carbons (Fsp3) is 0.500. The van der Waals surface area contributed by atoms with Gasteiger partial charge in [0.15, 0.2) is 0 Å². The summed E-state index contributed by atoms with van der Waals surface area (Å²) in [6, 6.07) is 6.40. The molecule has 7 nitrogen and oxygen atoms in total. The summed E-state index contributed by atoms with van der Waals surface area (Å²) in [5.41, 5.74) is 4.28. The Balaban J connectivity index is 1.52. The highest BCUT2D eigenvalue weighted by Gasteiger charge is 2.24. The van der Waals surface area contributed by atoms with E-state index < -0.39 is 0 Å². The third kappa shape index (κ3) is 5.44.